The zero-order valence-electron chi connectivity index (χ0n) is 26.5. The van der Waals surface area contributed by atoms with Crippen molar-refractivity contribution in [3.05, 3.63) is 58.7 Å². The van der Waals surface area contributed by atoms with Crippen molar-refractivity contribution < 1.29 is 29.4 Å². The van der Waals surface area contributed by atoms with Crippen LogP contribution in [0.15, 0.2) is 36.4 Å². The van der Waals surface area contributed by atoms with Gasteiger partial charge >= 0.3 is 0 Å². The molecule has 0 aliphatic heterocycles. The van der Waals surface area contributed by atoms with E-state index >= 15 is 0 Å². The summed E-state index contributed by atoms with van der Waals surface area (Å²) in [6, 6.07) is 9.91. The van der Waals surface area contributed by atoms with E-state index in [4.69, 9.17) is 0 Å². The number of unbranched alkanes of at least 4 members (excludes halogenated alkanes) is 6. The van der Waals surface area contributed by atoms with E-state index in [9.17, 15) is 29.4 Å². The lowest BCUT2D eigenvalue weighted by Gasteiger charge is -2.18. The van der Waals surface area contributed by atoms with Gasteiger partial charge in [-0.15, -0.1) is 0 Å². The molecule has 10 heteroatoms. The Morgan fingerprint density at radius 1 is 0.614 bits per heavy atom. The molecule has 1 atom stereocenters. The fourth-order valence-corrected chi connectivity index (χ4v) is 4.94. The third-order valence-corrected chi connectivity index (χ3v) is 7.69. The molecule has 0 spiro atoms. The first kappa shape index (κ1) is 36.1. The highest BCUT2D eigenvalue weighted by atomic mass is 16.3. The van der Waals surface area contributed by atoms with Gasteiger partial charge in [0.15, 0.2) is 0 Å². The van der Waals surface area contributed by atoms with Crippen LogP contribution in [0, 0.1) is 5.92 Å². The van der Waals surface area contributed by atoms with Crippen LogP contribution in [0.1, 0.15) is 130 Å². The summed E-state index contributed by atoms with van der Waals surface area (Å²) in [5.41, 5.74) is 11.1. The van der Waals surface area contributed by atoms with Crippen molar-refractivity contribution >= 4 is 23.6 Å². The monoisotopic (exact) mass is 610 g/mol. The number of phenolic OH excluding ortho intramolecular Hbond substituents is 2. The largest absolute Gasteiger partial charge is 0.507 e. The second-order valence-electron chi connectivity index (χ2n) is 11.2. The first-order valence-electron chi connectivity index (χ1n) is 16.0. The molecule has 0 fully saturated rings. The first-order valence-corrected chi connectivity index (χ1v) is 16.0. The van der Waals surface area contributed by atoms with Crippen LogP contribution >= 0.6 is 0 Å². The highest BCUT2D eigenvalue weighted by Gasteiger charge is 2.22. The van der Waals surface area contributed by atoms with Crippen molar-refractivity contribution in [1.29, 1.82) is 0 Å². The van der Waals surface area contributed by atoms with E-state index in [1.165, 1.54) is 12.1 Å². The summed E-state index contributed by atoms with van der Waals surface area (Å²) in [6.07, 6.45) is 10.6. The van der Waals surface area contributed by atoms with Crippen LogP contribution in [-0.2, 0) is 22.4 Å². The number of hydrogen-bond donors (Lipinski definition) is 6. The van der Waals surface area contributed by atoms with Crippen LogP contribution in [0.5, 0.6) is 11.5 Å². The second-order valence-corrected chi connectivity index (χ2v) is 11.2. The SMILES string of the molecule is CCCCCCCC(CCC(=O)NNC(=O)c1cccc(CCCC)c1O)C(=O)NNC(=O)c1cccc(CCCC)c1O. The zero-order chi connectivity index (χ0) is 32.3. The Morgan fingerprint density at radius 3 is 1.64 bits per heavy atom. The maximum absolute atomic E-state index is 13.1. The van der Waals surface area contributed by atoms with Crippen LogP contribution < -0.4 is 21.7 Å². The number of nitrogens with one attached hydrogen (secondary N) is 4. The summed E-state index contributed by atoms with van der Waals surface area (Å²) in [7, 11) is 0. The van der Waals surface area contributed by atoms with Gasteiger partial charge in [0.1, 0.15) is 11.5 Å². The molecule has 44 heavy (non-hydrogen) atoms. The third-order valence-electron chi connectivity index (χ3n) is 7.69. The number of rotatable bonds is 18. The average molecular weight is 611 g/mol. The van der Waals surface area contributed by atoms with Crippen molar-refractivity contribution in [3.63, 3.8) is 0 Å². The summed E-state index contributed by atoms with van der Waals surface area (Å²) < 4.78 is 0. The van der Waals surface area contributed by atoms with Gasteiger partial charge in [0.25, 0.3) is 11.8 Å². The lowest BCUT2D eigenvalue weighted by Crippen LogP contribution is -2.45. The Bertz CT molecular complexity index is 1230. The summed E-state index contributed by atoms with van der Waals surface area (Å²) in [5, 5.41) is 21.0. The molecule has 2 aromatic carbocycles. The second kappa shape index (κ2) is 20.0. The molecule has 0 bridgehead atoms. The van der Waals surface area contributed by atoms with Gasteiger partial charge < -0.3 is 10.2 Å². The van der Waals surface area contributed by atoms with E-state index in [1.807, 2.05) is 13.8 Å². The van der Waals surface area contributed by atoms with Crippen LogP contribution in [0.25, 0.3) is 0 Å². The van der Waals surface area contributed by atoms with Crippen LogP contribution in [0.4, 0.5) is 0 Å². The molecule has 0 saturated heterocycles. The van der Waals surface area contributed by atoms with Crippen molar-refractivity contribution in [2.24, 2.45) is 5.92 Å². The van der Waals surface area contributed by atoms with Gasteiger partial charge in [-0.05, 0) is 61.8 Å². The lowest BCUT2D eigenvalue weighted by atomic mass is 9.95. The highest BCUT2D eigenvalue weighted by Crippen LogP contribution is 2.25. The van der Waals surface area contributed by atoms with E-state index < -0.39 is 29.5 Å². The fraction of sp³-hybridized carbons (Fsp3) is 0.529. The molecule has 2 aromatic rings. The molecular formula is C34H50N4O6. The van der Waals surface area contributed by atoms with E-state index in [-0.39, 0.29) is 35.5 Å². The number of aromatic hydroxyl groups is 2. The van der Waals surface area contributed by atoms with Crippen LogP contribution in [0.3, 0.4) is 0 Å². The smallest absolute Gasteiger partial charge is 0.273 e. The Kier molecular flexibility index (Phi) is 16.4. The molecule has 0 aliphatic rings. The quantitative estimate of drug-likeness (QED) is 0.0930. The minimum Gasteiger partial charge on any atom is -0.507 e. The predicted octanol–water partition coefficient (Wildman–Crippen LogP) is 5.76. The summed E-state index contributed by atoms with van der Waals surface area (Å²) in [4.78, 5) is 51.1. The Balaban J connectivity index is 1.95. The molecule has 0 heterocycles. The zero-order valence-corrected chi connectivity index (χ0v) is 26.5. The standard InChI is InChI=1S/C34H50N4O6/c1-4-7-10-11-12-17-26(32(42)36-38-34(44)28-21-14-19-25(31(28)41)16-9-6-3)22-23-29(39)35-37-33(43)27-20-13-18-24(30(27)40)15-8-5-2/h13-14,18-21,26,40-41H,4-12,15-17,22-23H2,1-3H3,(H,35,39)(H,36,42)(H,37,43)(H,38,44). The maximum atomic E-state index is 13.1. The molecule has 1 unspecified atom stereocenters. The Labute approximate surface area is 261 Å². The molecule has 0 aromatic heterocycles. The Hall–Kier alpha value is -4.08. The fourth-order valence-electron chi connectivity index (χ4n) is 4.94. The van der Waals surface area contributed by atoms with Crippen molar-refractivity contribution in [2.45, 2.75) is 111 Å². The van der Waals surface area contributed by atoms with Crippen molar-refractivity contribution in [2.75, 3.05) is 0 Å². The number of para-hydroxylation sites is 2. The number of amides is 4. The van der Waals surface area contributed by atoms with Gasteiger partial charge in [-0.25, -0.2) is 0 Å². The lowest BCUT2D eigenvalue weighted by molar-refractivity contribution is -0.127. The van der Waals surface area contributed by atoms with Gasteiger partial charge in [0.2, 0.25) is 11.8 Å². The molecule has 0 radical (unpaired) electrons. The number of benzene rings is 2. The van der Waals surface area contributed by atoms with E-state index in [0.29, 0.717) is 30.4 Å². The topological polar surface area (TPSA) is 157 Å². The summed E-state index contributed by atoms with van der Waals surface area (Å²) in [5.74, 6) is -2.93. The van der Waals surface area contributed by atoms with Crippen molar-refractivity contribution in [1.82, 2.24) is 21.7 Å². The first-order chi connectivity index (χ1) is 21.2. The molecule has 4 amide bonds. The third kappa shape index (κ3) is 11.9. The number of carbonyl (C=O) groups is 4. The van der Waals surface area contributed by atoms with Gasteiger partial charge in [-0.1, -0.05) is 90.0 Å². The number of hydrogen-bond acceptors (Lipinski definition) is 6. The molecule has 6 N–H and O–H groups in total. The minimum absolute atomic E-state index is 0.0376. The van der Waals surface area contributed by atoms with E-state index in [2.05, 4.69) is 28.6 Å². The molecule has 2 rings (SSSR count). The molecule has 242 valence electrons. The maximum Gasteiger partial charge on any atom is 0.273 e. The van der Waals surface area contributed by atoms with E-state index in [1.54, 1.807) is 24.3 Å². The normalized spacial score (nSPS) is 11.4. The van der Waals surface area contributed by atoms with Crippen LogP contribution in [-0.4, -0.2) is 33.8 Å². The van der Waals surface area contributed by atoms with Gasteiger partial charge in [-0.2, -0.15) is 0 Å². The number of carbonyl (C=O) groups excluding carboxylic acids is 4. The predicted molar refractivity (Wildman–Crippen MR) is 171 cm³/mol. The summed E-state index contributed by atoms with van der Waals surface area (Å²) >= 11 is 0. The van der Waals surface area contributed by atoms with Gasteiger partial charge in [-0.3, -0.25) is 40.9 Å². The number of hydrazine groups is 2. The molecule has 10 nitrogen and oxygen atoms in total. The molecular weight excluding hydrogens is 560 g/mol. The van der Waals surface area contributed by atoms with Crippen LogP contribution in [0.2, 0.25) is 0 Å². The average Bonchev–Trinajstić information content (AvgIpc) is 3.02. The van der Waals surface area contributed by atoms with E-state index in [0.717, 1.165) is 57.8 Å². The van der Waals surface area contributed by atoms with Crippen molar-refractivity contribution in [3.8, 4) is 11.5 Å². The highest BCUT2D eigenvalue weighted by molar-refractivity contribution is 5.99. The van der Waals surface area contributed by atoms with Gasteiger partial charge in [0.05, 0.1) is 11.1 Å². The molecule has 0 saturated carbocycles. The number of aryl methyl sites for hydroxylation is 2. The van der Waals surface area contributed by atoms with Gasteiger partial charge in [0, 0.05) is 12.3 Å². The number of phenols is 2. The Morgan fingerprint density at radius 2 is 1.11 bits per heavy atom. The molecule has 0 aliphatic carbocycles. The summed E-state index contributed by atoms with van der Waals surface area (Å²) in [6.45, 7) is 6.21. The minimum atomic E-state index is -0.635.